The molecule has 1 aromatic carbocycles. The van der Waals surface area contributed by atoms with Crippen LogP contribution in [0.1, 0.15) is 30.7 Å². The first-order chi connectivity index (χ1) is 14.9. The molecule has 2 fully saturated rings. The first kappa shape index (κ1) is 21.1. The van der Waals surface area contributed by atoms with E-state index in [9.17, 15) is 9.59 Å². The number of likely N-dealkylation sites (tertiary alicyclic amines) is 1. The average molecular weight is 425 g/mol. The smallest absolute Gasteiger partial charge is 0.317 e. The standard InChI is InChI=1S/C23H28N4O4/c1-15-11-16(2)25-23(24-15)31-20-5-4-10-26(14-20)22(29)17-12-21(28)27(13-17)18-6-8-19(30-3)9-7-18/h6-9,11,17,20H,4-5,10,12-14H2,1-3H3. The number of nitrogens with zero attached hydrogens (tertiary/aromatic N) is 4. The summed E-state index contributed by atoms with van der Waals surface area (Å²) in [5.41, 5.74) is 2.50. The normalized spacial score (nSPS) is 21.3. The van der Waals surface area contributed by atoms with Crippen molar-refractivity contribution in [2.45, 2.75) is 39.2 Å². The fourth-order valence-electron chi connectivity index (χ4n) is 4.27. The topological polar surface area (TPSA) is 84.9 Å². The zero-order valence-corrected chi connectivity index (χ0v) is 18.2. The van der Waals surface area contributed by atoms with Gasteiger partial charge >= 0.3 is 6.01 Å². The van der Waals surface area contributed by atoms with Gasteiger partial charge in [-0.2, -0.15) is 0 Å². The lowest BCUT2D eigenvalue weighted by Crippen LogP contribution is -2.47. The number of carbonyl (C=O) groups is 2. The zero-order valence-electron chi connectivity index (χ0n) is 18.2. The first-order valence-electron chi connectivity index (χ1n) is 10.6. The summed E-state index contributed by atoms with van der Waals surface area (Å²) in [5, 5.41) is 0. The summed E-state index contributed by atoms with van der Waals surface area (Å²) in [4.78, 5) is 37.9. The number of ether oxygens (including phenoxy) is 2. The van der Waals surface area contributed by atoms with Gasteiger partial charge < -0.3 is 19.3 Å². The molecule has 0 saturated carbocycles. The van der Waals surface area contributed by atoms with Gasteiger partial charge in [0.05, 0.1) is 19.6 Å². The van der Waals surface area contributed by atoms with Gasteiger partial charge in [0, 0.05) is 36.6 Å². The number of rotatable bonds is 5. The number of aryl methyl sites for hydroxylation is 2. The number of piperidine rings is 1. The molecule has 4 rings (SSSR count). The molecule has 2 saturated heterocycles. The van der Waals surface area contributed by atoms with E-state index >= 15 is 0 Å². The number of methoxy groups -OCH3 is 1. The maximum atomic E-state index is 13.2. The molecule has 0 N–H and O–H groups in total. The Bertz CT molecular complexity index is 942. The molecule has 0 aliphatic carbocycles. The highest BCUT2D eigenvalue weighted by atomic mass is 16.5. The van der Waals surface area contributed by atoms with Gasteiger partial charge in [-0.1, -0.05) is 0 Å². The van der Waals surface area contributed by atoms with Crippen molar-refractivity contribution in [3.05, 3.63) is 41.7 Å². The lowest BCUT2D eigenvalue weighted by Gasteiger charge is -2.33. The van der Waals surface area contributed by atoms with Crippen LogP contribution in [0.5, 0.6) is 11.8 Å². The Morgan fingerprint density at radius 2 is 1.81 bits per heavy atom. The Balaban J connectivity index is 1.38. The van der Waals surface area contributed by atoms with Gasteiger partial charge in [0.1, 0.15) is 11.9 Å². The van der Waals surface area contributed by atoms with E-state index in [0.29, 0.717) is 25.6 Å². The van der Waals surface area contributed by atoms with Crippen LogP contribution in [0.2, 0.25) is 0 Å². The zero-order chi connectivity index (χ0) is 22.0. The molecular weight excluding hydrogens is 396 g/mol. The number of anilines is 1. The highest BCUT2D eigenvalue weighted by Crippen LogP contribution is 2.29. The Kier molecular flexibility index (Phi) is 6.06. The van der Waals surface area contributed by atoms with Crippen LogP contribution in [0, 0.1) is 19.8 Å². The van der Waals surface area contributed by atoms with Gasteiger partial charge in [-0.25, -0.2) is 9.97 Å². The van der Waals surface area contributed by atoms with Gasteiger partial charge in [-0.3, -0.25) is 9.59 Å². The van der Waals surface area contributed by atoms with Crippen molar-refractivity contribution in [3.63, 3.8) is 0 Å². The number of amides is 2. The van der Waals surface area contributed by atoms with Crippen molar-refractivity contribution < 1.29 is 19.1 Å². The minimum absolute atomic E-state index is 0.0130. The molecule has 2 amide bonds. The van der Waals surface area contributed by atoms with Crippen LogP contribution in [0.4, 0.5) is 5.69 Å². The third-order valence-corrected chi connectivity index (χ3v) is 5.78. The van der Waals surface area contributed by atoms with Crippen molar-refractivity contribution in [2.24, 2.45) is 5.92 Å². The van der Waals surface area contributed by atoms with E-state index in [2.05, 4.69) is 9.97 Å². The minimum atomic E-state index is -0.342. The van der Waals surface area contributed by atoms with Crippen molar-refractivity contribution in [2.75, 3.05) is 31.6 Å². The summed E-state index contributed by atoms with van der Waals surface area (Å²) in [7, 11) is 1.60. The number of hydrogen-bond acceptors (Lipinski definition) is 6. The predicted octanol–water partition coefficient (Wildman–Crippen LogP) is 2.52. The molecule has 2 aliphatic rings. The fraction of sp³-hybridized carbons (Fsp3) is 0.478. The van der Waals surface area contributed by atoms with Crippen LogP contribution in [0.3, 0.4) is 0 Å². The molecule has 2 atom stereocenters. The molecule has 0 spiro atoms. The van der Waals surface area contributed by atoms with Crippen LogP contribution in [-0.4, -0.2) is 59.5 Å². The number of hydrogen-bond donors (Lipinski definition) is 0. The largest absolute Gasteiger partial charge is 0.497 e. The van der Waals surface area contributed by atoms with E-state index in [1.54, 1.807) is 12.0 Å². The molecule has 0 radical (unpaired) electrons. The molecule has 3 heterocycles. The van der Waals surface area contributed by atoms with Gasteiger partial charge in [-0.15, -0.1) is 0 Å². The van der Waals surface area contributed by atoms with Crippen molar-refractivity contribution in [1.29, 1.82) is 0 Å². The molecule has 2 unspecified atom stereocenters. The van der Waals surface area contributed by atoms with E-state index in [1.807, 2.05) is 49.1 Å². The highest BCUT2D eigenvalue weighted by Gasteiger charge is 2.38. The average Bonchev–Trinajstić information content (AvgIpc) is 3.14. The van der Waals surface area contributed by atoms with Crippen LogP contribution in [0.15, 0.2) is 30.3 Å². The van der Waals surface area contributed by atoms with E-state index in [4.69, 9.17) is 9.47 Å². The summed E-state index contributed by atoms with van der Waals surface area (Å²) >= 11 is 0. The Morgan fingerprint density at radius 1 is 1.10 bits per heavy atom. The van der Waals surface area contributed by atoms with Crippen LogP contribution in [-0.2, 0) is 9.59 Å². The van der Waals surface area contributed by atoms with Crippen LogP contribution >= 0.6 is 0 Å². The molecule has 8 nitrogen and oxygen atoms in total. The maximum absolute atomic E-state index is 13.2. The molecule has 164 valence electrons. The third kappa shape index (κ3) is 4.78. The monoisotopic (exact) mass is 424 g/mol. The quantitative estimate of drug-likeness (QED) is 0.733. The second-order valence-corrected chi connectivity index (χ2v) is 8.20. The molecular formula is C23H28N4O4. The predicted molar refractivity (Wildman–Crippen MR) is 115 cm³/mol. The van der Waals surface area contributed by atoms with Crippen molar-refractivity contribution in [3.8, 4) is 11.8 Å². The molecule has 1 aromatic heterocycles. The van der Waals surface area contributed by atoms with E-state index < -0.39 is 0 Å². The van der Waals surface area contributed by atoms with Crippen molar-refractivity contribution in [1.82, 2.24) is 14.9 Å². The fourth-order valence-corrected chi connectivity index (χ4v) is 4.27. The Morgan fingerprint density at radius 3 is 2.48 bits per heavy atom. The second-order valence-electron chi connectivity index (χ2n) is 8.20. The van der Waals surface area contributed by atoms with E-state index in [1.165, 1.54) is 0 Å². The number of carbonyl (C=O) groups excluding carboxylic acids is 2. The van der Waals surface area contributed by atoms with Gasteiger partial charge in [0.15, 0.2) is 0 Å². The molecule has 0 bridgehead atoms. The first-order valence-corrected chi connectivity index (χ1v) is 10.6. The summed E-state index contributed by atoms with van der Waals surface area (Å²) in [5.74, 6) is 0.372. The maximum Gasteiger partial charge on any atom is 0.317 e. The molecule has 2 aliphatic heterocycles. The minimum Gasteiger partial charge on any atom is -0.497 e. The molecule has 31 heavy (non-hydrogen) atoms. The summed E-state index contributed by atoms with van der Waals surface area (Å²) < 4.78 is 11.2. The molecule has 8 heteroatoms. The summed E-state index contributed by atoms with van der Waals surface area (Å²) in [6, 6.07) is 9.59. The number of benzene rings is 1. The second kappa shape index (κ2) is 8.91. The number of aromatic nitrogens is 2. The third-order valence-electron chi connectivity index (χ3n) is 5.78. The van der Waals surface area contributed by atoms with E-state index in [0.717, 1.165) is 35.7 Å². The van der Waals surface area contributed by atoms with Crippen LogP contribution < -0.4 is 14.4 Å². The molecule has 2 aromatic rings. The summed E-state index contributed by atoms with van der Waals surface area (Å²) in [6.07, 6.45) is 1.78. The SMILES string of the molecule is COc1ccc(N2CC(C(=O)N3CCCC(Oc4nc(C)cc(C)n4)C3)CC2=O)cc1. The Hall–Kier alpha value is -3.16. The highest BCUT2D eigenvalue weighted by molar-refractivity contribution is 6.00. The van der Waals surface area contributed by atoms with Gasteiger partial charge in [0.25, 0.3) is 0 Å². The lowest BCUT2D eigenvalue weighted by molar-refractivity contribution is -0.138. The van der Waals surface area contributed by atoms with Gasteiger partial charge in [-0.05, 0) is 57.0 Å². The lowest BCUT2D eigenvalue weighted by atomic mass is 10.0. The van der Waals surface area contributed by atoms with E-state index in [-0.39, 0.29) is 30.3 Å². The van der Waals surface area contributed by atoms with Crippen molar-refractivity contribution >= 4 is 17.5 Å². The van der Waals surface area contributed by atoms with Crippen LogP contribution in [0.25, 0.3) is 0 Å². The van der Waals surface area contributed by atoms with Gasteiger partial charge in [0.2, 0.25) is 11.8 Å². The Labute approximate surface area is 182 Å². The summed E-state index contributed by atoms with van der Waals surface area (Å²) in [6.45, 7) is 5.38.